The molecule has 0 aromatic carbocycles. The van der Waals surface area contributed by atoms with Crippen LogP contribution in [-0.4, -0.2) is 50.1 Å². The highest BCUT2D eigenvalue weighted by Crippen LogP contribution is 2.17. The first kappa shape index (κ1) is 19.0. The Morgan fingerprint density at radius 2 is 2.00 bits per heavy atom. The summed E-state index contributed by atoms with van der Waals surface area (Å²) in [6.45, 7) is 6.51. The van der Waals surface area contributed by atoms with Crippen LogP contribution in [0.15, 0.2) is 4.99 Å². The number of nitrogens with zero attached hydrogens (tertiary/aromatic N) is 2. The molecule has 0 heterocycles. The van der Waals surface area contributed by atoms with E-state index >= 15 is 0 Å². The van der Waals surface area contributed by atoms with Crippen LogP contribution in [0.25, 0.3) is 0 Å². The van der Waals surface area contributed by atoms with Crippen molar-refractivity contribution in [3.05, 3.63) is 0 Å². The molecule has 19 heavy (non-hydrogen) atoms. The maximum absolute atomic E-state index is 4.29. The van der Waals surface area contributed by atoms with Crippen molar-refractivity contribution in [3.8, 4) is 0 Å². The second-order valence-corrected chi connectivity index (χ2v) is 5.36. The Hall–Kier alpha value is -0.0400. The number of aliphatic imine (C=N–C) groups is 1. The normalized spacial score (nSPS) is 18.3. The maximum atomic E-state index is 4.29. The van der Waals surface area contributed by atoms with Gasteiger partial charge in [0, 0.05) is 32.2 Å². The number of rotatable bonds is 6. The lowest BCUT2D eigenvalue weighted by atomic mass is 10.2. The molecule has 1 saturated carbocycles. The molecule has 0 saturated heterocycles. The largest absolute Gasteiger partial charge is 0.355 e. The highest BCUT2D eigenvalue weighted by molar-refractivity contribution is 14.0. The Morgan fingerprint density at radius 1 is 1.37 bits per heavy atom. The van der Waals surface area contributed by atoms with E-state index in [0.717, 1.165) is 19.0 Å². The van der Waals surface area contributed by atoms with E-state index in [0.29, 0.717) is 12.1 Å². The Kier molecular flexibility index (Phi) is 10.7. The second kappa shape index (κ2) is 10.7. The zero-order valence-electron chi connectivity index (χ0n) is 12.9. The van der Waals surface area contributed by atoms with Crippen LogP contribution >= 0.6 is 24.0 Å². The summed E-state index contributed by atoms with van der Waals surface area (Å²) >= 11 is 0. The topological polar surface area (TPSA) is 39.7 Å². The van der Waals surface area contributed by atoms with Gasteiger partial charge in [-0.1, -0.05) is 19.8 Å². The van der Waals surface area contributed by atoms with Gasteiger partial charge >= 0.3 is 0 Å². The molecular weight excluding hydrogens is 351 g/mol. The summed E-state index contributed by atoms with van der Waals surface area (Å²) in [4.78, 5) is 6.67. The van der Waals surface area contributed by atoms with Gasteiger partial charge in [-0.3, -0.25) is 4.99 Å². The van der Waals surface area contributed by atoms with Gasteiger partial charge in [0.2, 0.25) is 0 Å². The third-order valence-electron chi connectivity index (χ3n) is 4.02. The van der Waals surface area contributed by atoms with E-state index in [9.17, 15) is 0 Å². The quantitative estimate of drug-likeness (QED) is 0.421. The van der Waals surface area contributed by atoms with Crippen molar-refractivity contribution < 1.29 is 0 Å². The first-order valence-electron chi connectivity index (χ1n) is 7.34. The molecule has 0 amide bonds. The minimum Gasteiger partial charge on any atom is -0.355 e. The number of nitrogens with one attached hydrogen (secondary N) is 2. The second-order valence-electron chi connectivity index (χ2n) is 5.36. The molecule has 0 spiro atoms. The van der Waals surface area contributed by atoms with Crippen molar-refractivity contribution in [3.63, 3.8) is 0 Å². The minimum absolute atomic E-state index is 0. The molecule has 0 radical (unpaired) electrons. The van der Waals surface area contributed by atoms with E-state index in [4.69, 9.17) is 0 Å². The average Bonchev–Trinajstić information content (AvgIpc) is 2.89. The van der Waals surface area contributed by atoms with Crippen molar-refractivity contribution >= 4 is 29.9 Å². The van der Waals surface area contributed by atoms with E-state index in [1.165, 1.54) is 32.1 Å². The number of halogens is 1. The molecule has 5 heteroatoms. The van der Waals surface area contributed by atoms with Crippen molar-refractivity contribution in [2.75, 3.05) is 27.2 Å². The fourth-order valence-corrected chi connectivity index (χ4v) is 2.34. The van der Waals surface area contributed by atoms with Crippen molar-refractivity contribution in [2.45, 2.75) is 58.0 Å². The van der Waals surface area contributed by atoms with E-state index in [1.807, 2.05) is 7.05 Å². The van der Waals surface area contributed by atoms with Gasteiger partial charge in [0.05, 0.1) is 0 Å². The van der Waals surface area contributed by atoms with Gasteiger partial charge in [-0.05, 0) is 33.2 Å². The maximum Gasteiger partial charge on any atom is 0.191 e. The van der Waals surface area contributed by atoms with Gasteiger partial charge < -0.3 is 15.5 Å². The summed E-state index contributed by atoms with van der Waals surface area (Å²) in [5.74, 6) is 0.958. The predicted octanol–water partition coefficient (Wildman–Crippen LogP) is 2.44. The number of guanidine groups is 1. The fourth-order valence-electron chi connectivity index (χ4n) is 2.34. The lowest BCUT2D eigenvalue weighted by molar-refractivity contribution is 0.255. The third-order valence-corrected chi connectivity index (χ3v) is 4.02. The first-order valence-corrected chi connectivity index (χ1v) is 7.34. The zero-order chi connectivity index (χ0) is 13.4. The Labute approximate surface area is 135 Å². The molecule has 0 aliphatic heterocycles. The van der Waals surface area contributed by atoms with Gasteiger partial charge in [-0.15, -0.1) is 24.0 Å². The monoisotopic (exact) mass is 382 g/mol. The highest BCUT2D eigenvalue weighted by atomic mass is 127. The lowest BCUT2D eigenvalue weighted by Gasteiger charge is -2.24. The number of likely N-dealkylation sites (N-methyl/N-ethyl adjacent to an activating group) is 1. The fraction of sp³-hybridized carbons (Fsp3) is 0.929. The molecule has 1 unspecified atom stereocenters. The molecule has 114 valence electrons. The van der Waals surface area contributed by atoms with Gasteiger partial charge in [0.1, 0.15) is 0 Å². The molecule has 1 fully saturated rings. The third kappa shape index (κ3) is 7.34. The summed E-state index contributed by atoms with van der Waals surface area (Å²) in [6.07, 6.45) is 6.48. The summed E-state index contributed by atoms with van der Waals surface area (Å²) in [5.41, 5.74) is 0. The molecule has 0 aromatic rings. The van der Waals surface area contributed by atoms with Crippen molar-refractivity contribution in [1.29, 1.82) is 0 Å². The molecule has 4 nitrogen and oxygen atoms in total. The van der Waals surface area contributed by atoms with Gasteiger partial charge in [-0.2, -0.15) is 0 Å². The molecule has 0 aromatic heterocycles. The molecule has 0 bridgehead atoms. The lowest BCUT2D eigenvalue weighted by Crippen LogP contribution is -2.45. The van der Waals surface area contributed by atoms with Crippen LogP contribution in [0.1, 0.15) is 46.0 Å². The Balaban J connectivity index is 0.00000324. The van der Waals surface area contributed by atoms with Crippen molar-refractivity contribution in [1.82, 2.24) is 15.5 Å². The number of hydrogen-bond acceptors (Lipinski definition) is 2. The molecule has 1 aliphatic carbocycles. The summed E-state index contributed by atoms with van der Waals surface area (Å²) < 4.78 is 0. The summed E-state index contributed by atoms with van der Waals surface area (Å²) in [7, 11) is 4.03. The summed E-state index contributed by atoms with van der Waals surface area (Å²) in [5, 5.41) is 6.91. The van der Waals surface area contributed by atoms with E-state index in [-0.39, 0.29) is 24.0 Å². The van der Waals surface area contributed by atoms with E-state index in [2.05, 4.69) is 41.4 Å². The molecule has 2 N–H and O–H groups in total. The van der Waals surface area contributed by atoms with Gasteiger partial charge in [0.25, 0.3) is 0 Å². The van der Waals surface area contributed by atoms with E-state index < -0.39 is 0 Å². The minimum atomic E-state index is 0. The van der Waals surface area contributed by atoms with Crippen LogP contribution < -0.4 is 10.6 Å². The van der Waals surface area contributed by atoms with Gasteiger partial charge in [0.15, 0.2) is 5.96 Å². The zero-order valence-corrected chi connectivity index (χ0v) is 15.2. The van der Waals surface area contributed by atoms with Crippen molar-refractivity contribution in [2.24, 2.45) is 4.99 Å². The van der Waals surface area contributed by atoms with Crippen LogP contribution in [0.4, 0.5) is 0 Å². The Bertz CT molecular complexity index is 252. The van der Waals surface area contributed by atoms with E-state index in [1.54, 1.807) is 0 Å². The molecular formula is C14H31IN4. The van der Waals surface area contributed by atoms with Crippen LogP contribution in [0, 0.1) is 0 Å². The standard InChI is InChI=1S/C14H30N4.HI/c1-5-12(2)18(4)11-10-16-14(15-3)17-13-8-6-7-9-13;/h12-13H,5-11H2,1-4H3,(H2,15,16,17);1H. The molecule has 1 aliphatic rings. The average molecular weight is 382 g/mol. The summed E-state index contributed by atoms with van der Waals surface area (Å²) in [6, 6.07) is 1.28. The Morgan fingerprint density at radius 3 is 2.53 bits per heavy atom. The van der Waals surface area contributed by atoms with Crippen LogP contribution in [-0.2, 0) is 0 Å². The molecule has 1 rings (SSSR count). The van der Waals surface area contributed by atoms with Gasteiger partial charge in [-0.25, -0.2) is 0 Å². The van der Waals surface area contributed by atoms with Crippen LogP contribution in [0.3, 0.4) is 0 Å². The number of hydrogen-bond donors (Lipinski definition) is 2. The smallest absolute Gasteiger partial charge is 0.191 e. The molecule has 1 atom stereocenters. The first-order chi connectivity index (χ1) is 8.67. The van der Waals surface area contributed by atoms with Crippen LogP contribution in [0.2, 0.25) is 0 Å². The van der Waals surface area contributed by atoms with Crippen LogP contribution in [0.5, 0.6) is 0 Å². The SMILES string of the molecule is CCC(C)N(C)CCNC(=NC)NC1CCCC1.I. The predicted molar refractivity (Wildman–Crippen MR) is 94.6 cm³/mol. The highest BCUT2D eigenvalue weighted by Gasteiger charge is 2.15.